The van der Waals surface area contributed by atoms with Gasteiger partial charge in [0.15, 0.2) is 0 Å². The second-order valence-corrected chi connectivity index (χ2v) is 7.83. The molecule has 0 aliphatic carbocycles. The van der Waals surface area contributed by atoms with Crippen LogP contribution in [0, 0.1) is 5.92 Å². The number of rotatable bonds is 5. The molecule has 1 aromatic heterocycles. The van der Waals surface area contributed by atoms with Crippen LogP contribution in [-0.2, 0) is 0 Å². The third kappa shape index (κ3) is 5.20. The Balaban J connectivity index is 0.00000225. The zero-order valence-corrected chi connectivity index (χ0v) is 16.7. The summed E-state index contributed by atoms with van der Waals surface area (Å²) >= 11 is 7.89. The quantitative estimate of drug-likeness (QED) is 0.765. The minimum Gasteiger partial charge on any atom is -0.350 e. The number of piperidine rings is 1. The molecular formula is C19H24Cl2N2OS. The minimum absolute atomic E-state index is 0. The number of likely N-dealkylation sites (tertiary alicyclic amines) is 1. The second kappa shape index (κ2) is 9.58. The van der Waals surface area contributed by atoms with Crippen molar-refractivity contribution in [1.82, 2.24) is 10.2 Å². The molecule has 6 heteroatoms. The van der Waals surface area contributed by atoms with Gasteiger partial charge in [-0.15, -0.1) is 23.7 Å². The van der Waals surface area contributed by atoms with E-state index in [0.717, 1.165) is 19.0 Å². The van der Waals surface area contributed by atoms with Crippen molar-refractivity contribution < 1.29 is 4.79 Å². The highest BCUT2D eigenvalue weighted by Crippen LogP contribution is 2.29. The van der Waals surface area contributed by atoms with Crippen molar-refractivity contribution in [3.63, 3.8) is 0 Å². The zero-order chi connectivity index (χ0) is 16.9. The fraction of sp³-hybridized carbons (Fsp3) is 0.421. The van der Waals surface area contributed by atoms with E-state index in [-0.39, 0.29) is 24.4 Å². The Morgan fingerprint density at radius 2 is 2.00 bits per heavy atom. The van der Waals surface area contributed by atoms with Gasteiger partial charge in [0.1, 0.15) is 0 Å². The summed E-state index contributed by atoms with van der Waals surface area (Å²) in [6.07, 6.45) is 2.45. The molecule has 1 aromatic carbocycles. The Morgan fingerprint density at radius 1 is 1.28 bits per heavy atom. The molecule has 0 radical (unpaired) electrons. The third-order valence-electron chi connectivity index (χ3n) is 4.71. The molecule has 1 unspecified atom stereocenters. The molecule has 136 valence electrons. The number of amides is 1. The summed E-state index contributed by atoms with van der Waals surface area (Å²) in [6, 6.07) is 11.7. The van der Waals surface area contributed by atoms with E-state index in [0.29, 0.717) is 17.1 Å². The van der Waals surface area contributed by atoms with Crippen molar-refractivity contribution in [2.45, 2.75) is 25.8 Å². The molecule has 1 N–H and O–H groups in total. The molecule has 1 atom stereocenters. The van der Waals surface area contributed by atoms with Crippen LogP contribution < -0.4 is 5.32 Å². The van der Waals surface area contributed by atoms with Gasteiger partial charge in [-0.1, -0.05) is 36.7 Å². The number of carbonyl (C=O) groups is 1. The van der Waals surface area contributed by atoms with Gasteiger partial charge in [0.05, 0.1) is 16.6 Å². The number of hydrogen-bond acceptors (Lipinski definition) is 3. The van der Waals surface area contributed by atoms with Crippen molar-refractivity contribution >= 4 is 41.3 Å². The summed E-state index contributed by atoms with van der Waals surface area (Å²) in [4.78, 5) is 16.3. The fourth-order valence-electron chi connectivity index (χ4n) is 3.16. The van der Waals surface area contributed by atoms with Crippen LogP contribution in [0.1, 0.15) is 41.0 Å². The average molecular weight is 399 g/mol. The Morgan fingerprint density at radius 3 is 2.64 bits per heavy atom. The fourth-order valence-corrected chi connectivity index (χ4v) is 4.24. The van der Waals surface area contributed by atoms with Crippen molar-refractivity contribution in [2.75, 3.05) is 19.6 Å². The summed E-state index contributed by atoms with van der Waals surface area (Å²) in [7, 11) is 0. The SMILES string of the molecule is CC1CCN(C(CNC(=O)c2ccccc2Cl)c2cccs2)CC1.Cl. The van der Waals surface area contributed by atoms with Crippen LogP contribution in [0.5, 0.6) is 0 Å². The first-order valence-corrected chi connectivity index (χ1v) is 9.71. The molecule has 0 bridgehead atoms. The van der Waals surface area contributed by atoms with Gasteiger partial charge in [0.25, 0.3) is 5.91 Å². The van der Waals surface area contributed by atoms with Gasteiger partial charge in [-0.05, 0) is 55.4 Å². The molecule has 25 heavy (non-hydrogen) atoms. The van der Waals surface area contributed by atoms with Gasteiger partial charge in [-0.3, -0.25) is 9.69 Å². The lowest BCUT2D eigenvalue weighted by atomic mass is 9.97. The van der Waals surface area contributed by atoms with E-state index in [4.69, 9.17) is 11.6 Å². The topological polar surface area (TPSA) is 32.3 Å². The lowest BCUT2D eigenvalue weighted by molar-refractivity contribution is 0.0915. The number of hydrogen-bond donors (Lipinski definition) is 1. The maximum absolute atomic E-state index is 12.5. The Labute approximate surface area is 164 Å². The van der Waals surface area contributed by atoms with E-state index >= 15 is 0 Å². The molecule has 1 saturated heterocycles. The first-order valence-electron chi connectivity index (χ1n) is 8.45. The van der Waals surface area contributed by atoms with Crippen LogP contribution in [0.15, 0.2) is 41.8 Å². The van der Waals surface area contributed by atoms with Crippen molar-refractivity contribution in [3.05, 3.63) is 57.2 Å². The number of carbonyl (C=O) groups excluding carboxylic acids is 1. The normalized spacial score (nSPS) is 16.9. The molecule has 1 aliphatic rings. The highest BCUT2D eigenvalue weighted by molar-refractivity contribution is 7.10. The van der Waals surface area contributed by atoms with E-state index in [2.05, 4.69) is 34.7 Å². The first-order chi connectivity index (χ1) is 11.6. The van der Waals surface area contributed by atoms with Crippen LogP contribution in [0.25, 0.3) is 0 Å². The maximum atomic E-state index is 12.5. The highest BCUT2D eigenvalue weighted by Gasteiger charge is 2.26. The third-order valence-corrected chi connectivity index (χ3v) is 6.01. The highest BCUT2D eigenvalue weighted by atomic mass is 35.5. The van der Waals surface area contributed by atoms with Gasteiger partial charge in [-0.2, -0.15) is 0 Å². The number of nitrogens with zero attached hydrogens (tertiary/aromatic N) is 1. The summed E-state index contributed by atoms with van der Waals surface area (Å²) in [5, 5.41) is 5.68. The summed E-state index contributed by atoms with van der Waals surface area (Å²) in [5.74, 6) is 0.690. The van der Waals surface area contributed by atoms with E-state index in [1.54, 1.807) is 23.5 Å². The first kappa shape index (κ1) is 20.2. The predicted octanol–water partition coefficient (Wildman–Crippen LogP) is 5.03. The Hall–Kier alpha value is -1.07. The van der Waals surface area contributed by atoms with Gasteiger partial charge in [-0.25, -0.2) is 0 Å². The van der Waals surface area contributed by atoms with E-state index in [1.165, 1.54) is 17.7 Å². The van der Waals surface area contributed by atoms with Gasteiger partial charge < -0.3 is 5.32 Å². The standard InChI is InChI=1S/C19H23ClN2OS.ClH/c1-14-8-10-22(11-9-14)17(18-7-4-12-24-18)13-21-19(23)15-5-2-3-6-16(15)20;/h2-7,12,14,17H,8-11,13H2,1H3,(H,21,23);1H. The monoisotopic (exact) mass is 398 g/mol. The molecule has 2 heterocycles. The van der Waals surface area contributed by atoms with Gasteiger partial charge >= 0.3 is 0 Å². The van der Waals surface area contributed by atoms with Crippen LogP contribution in [0.2, 0.25) is 5.02 Å². The lowest BCUT2D eigenvalue weighted by Gasteiger charge is -2.36. The largest absolute Gasteiger partial charge is 0.350 e. The van der Waals surface area contributed by atoms with E-state index in [1.807, 2.05) is 12.1 Å². The number of nitrogens with one attached hydrogen (secondary N) is 1. The molecule has 1 aliphatic heterocycles. The molecule has 1 amide bonds. The predicted molar refractivity (Wildman–Crippen MR) is 108 cm³/mol. The number of benzene rings is 1. The van der Waals surface area contributed by atoms with E-state index in [9.17, 15) is 4.79 Å². The van der Waals surface area contributed by atoms with Crippen LogP contribution in [-0.4, -0.2) is 30.4 Å². The lowest BCUT2D eigenvalue weighted by Crippen LogP contribution is -2.41. The van der Waals surface area contributed by atoms with Crippen LogP contribution in [0.4, 0.5) is 0 Å². The molecule has 0 saturated carbocycles. The van der Waals surface area contributed by atoms with Gasteiger partial charge in [0.2, 0.25) is 0 Å². The average Bonchev–Trinajstić information content (AvgIpc) is 3.11. The molecule has 3 rings (SSSR count). The van der Waals surface area contributed by atoms with Crippen molar-refractivity contribution in [2.24, 2.45) is 5.92 Å². The summed E-state index contributed by atoms with van der Waals surface area (Å²) < 4.78 is 0. The summed E-state index contributed by atoms with van der Waals surface area (Å²) in [5.41, 5.74) is 0.538. The molecule has 2 aromatic rings. The number of thiophene rings is 1. The van der Waals surface area contributed by atoms with Crippen molar-refractivity contribution in [1.29, 1.82) is 0 Å². The maximum Gasteiger partial charge on any atom is 0.252 e. The Kier molecular flexibility index (Phi) is 7.76. The summed E-state index contributed by atoms with van der Waals surface area (Å²) in [6.45, 7) is 5.10. The molecular weight excluding hydrogens is 375 g/mol. The smallest absolute Gasteiger partial charge is 0.252 e. The molecule has 3 nitrogen and oxygen atoms in total. The Bertz CT molecular complexity index is 670. The zero-order valence-electron chi connectivity index (χ0n) is 14.3. The molecule has 0 spiro atoms. The molecule has 1 fully saturated rings. The minimum atomic E-state index is -0.104. The number of halogens is 2. The van der Waals surface area contributed by atoms with Crippen molar-refractivity contribution in [3.8, 4) is 0 Å². The van der Waals surface area contributed by atoms with Crippen LogP contribution >= 0.6 is 35.3 Å². The van der Waals surface area contributed by atoms with Gasteiger partial charge in [0, 0.05) is 11.4 Å². The van der Waals surface area contributed by atoms with Crippen LogP contribution in [0.3, 0.4) is 0 Å². The second-order valence-electron chi connectivity index (χ2n) is 6.44. The van der Waals surface area contributed by atoms with E-state index < -0.39 is 0 Å².